The second kappa shape index (κ2) is 4.64. The van der Waals surface area contributed by atoms with Crippen molar-refractivity contribution < 1.29 is 17.7 Å². The third-order valence-corrected chi connectivity index (χ3v) is 5.03. The number of hydrogen-bond acceptors (Lipinski definition) is 5. The van der Waals surface area contributed by atoms with Gasteiger partial charge in [0, 0.05) is 13.1 Å². The van der Waals surface area contributed by atoms with Gasteiger partial charge in [-0.05, 0) is 27.7 Å². The summed E-state index contributed by atoms with van der Waals surface area (Å²) in [6.07, 6.45) is -0.215. The summed E-state index contributed by atoms with van der Waals surface area (Å²) < 4.78 is 37.0. The SMILES string of the molecule is Cc1noc(C)c1S(=O)(=O)N1C[C@@H](C)O[C@@H](C)C1. The van der Waals surface area contributed by atoms with E-state index in [1.807, 2.05) is 13.8 Å². The number of morpholine rings is 1. The van der Waals surface area contributed by atoms with Gasteiger partial charge in [0.05, 0.1) is 12.2 Å². The lowest BCUT2D eigenvalue weighted by Gasteiger charge is -2.34. The van der Waals surface area contributed by atoms with Crippen molar-refractivity contribution in [1.29, 1.82) is 0 Å². The van der Waals surface area contributed by atoms with Gasteiger partial charge in [-0.1, -0.05) is 5.16 Å². The monoisotopic (exact) mass is 274 g/mol. The van der Waals surface area contributed by atoms with Crippen LogP contribution in [0, 0.1) is 13.8 Å². The summed E-state index contributed by atoms with van der Waals surface area (Å²) in [5.74, 6) is 0.333. The molecule has 102 valence electrons. The van der Waals surface area contributed by atoms with Crippen LogP contribution in [0.4, 0.5) is 0 Å². The van der Waals surface area contributed by atoms with Crippen molar-refractivity contribution in [3.05, 3.63) is 11.5 Å². The Morgan fingerprint density at radius 1 is 1.22 bits per heavy atom. The molecule has 18 heavy (non-hydrogen) atoms. The number of aryl methyl sites for hydroxylation is 2. The zero-order valence-corrected chi connectivity index (χ0v) is 11.8. The number of hydrogen-bond donors (Lipinski definition) is 0. The molecule has 2 atom stereocenters. The molecule has 0 spiro atoms. The maximum atomic E-state index is 12.6. The first-order valence-corrected chi connectivity index (χ1v) is 7.35. The van der Waals surface area contributed by atoms with Crippen LogP contribution in [0.15, 0.2) is 9.42 Å². The summed E-state index contributed by atoms with van der Waals surface area (Å²) in [6, 6.07) is 0. The van der Waals surface area contributed by atoms with E-state index in [0.717, 1.165) is 0 Å². The normalized spacial score (nSPS) is 26.4. The van der Waals surface area contributed by atoms with E-state index in [1.165, 1.54) is 4.31 Å². The molecule has 1 saturated heterocycles. The van der Waals surface area contributed by atoms with Crippen molar-refractivity contribution in [1.82, 2.24) is 9.46 Å². The lowest BCUT2D eigenvalue weighted by atomic mass is 10.3. The van der Waals surface area contributed by atoms with Crippen LogP contribution in [0.1, 0.15) is 25.3 Å². The Labute approximate surface area is 107 Å². The van der Waals surface area contributed by atoms with Crippen LogP contribution in [0.25, 0.3) is 0 Å². The summed E-state index contributed by atoms with van der Waals surface area (Å²) in [5, 5.41) is 3.70. The molecule has 2 rings (SSSR count). The van der Waals surface area contributed by atoms with Crippen LogP contribution < -0.4 is 0 Å². The van der Waals surface area contributed by atoms with Gasteiger partial charge < -0.3 is 9.26 Å². The second-order valence-corrected chi connectivity index (χ2v) is 6.61. The number of ether oxygens (including phenoxy) is 1. The van der Waals surface area contributed by atoms with Crippen molar-refractivity contribution in [2.75, 3.05) is 13.1 Å². The predicted molar refractivity (Wildman–Crippen MR) is 64.7 cm³/mol. The minimum atomic E-state index is -3.55. The topological polar surface area (TPSA) is 72.6 Å². The van der Waals surface area contributed by atoms with Gasteiger partial charge >= 0.3 is 0 Å². The molecule has 1 fully saturated rings. The lowest BCUT2D eigenvalue weighted by molar-refractivity contribution is -0.0441. The maximum Gasteiger partial charge on any atom is 0.248 e. The zero-order valence-electron chi connectivity index (χ0n) is 11.0. The summed E-state index contributed by atoms with van der Waals surface area (Å²) in [5.41, 5.74) is 0.402. The molecule has 0 aliphatic carbocycles. The van der Waals surface area contributed by atoms with Crippen molar-refractivity contribution >= 4 is 10.0 Å². The standard InChI is InChI=1S/C11H18N2O4S/c1-7-5-13(6-8(2)16-7)18(14,15)11-9(3)12-17-10(11)4/h7-8H,5-6H2,1-4H3/t7-,8+. The highest BCUT2D eigenvalue weighted by Gasteiger charge is 2.35. The Hall–Kier alpha value is -0.920. The quantitative estimate of drug-likeness (QED) is 0.807. The summed E-state index contributed by atoms with van der Waals surface area (Å²) >= 11 is 0. The highest BCUT2D eigenvalue weighted by atomic mass is 32.2. The second-order valence-electron chi connectivity index (χ2n) is 4.73. The largest absolute Gasteiger partial charge is 0.373 e. The molecule has 7 heteroatoms. The molecule has 1 aromatic heterocycles. The number of nitrogens with zero attached hydrogens (tertiary/aromatic N) is 2. The molecule has 0 amide bonds. The van der Waals surface area contributed by atoms with Crippen LogP contribution in [-0.4, -0.2) is 43.2 Å². The van der Waals surface area contributed by atoms with Crippen molar-refractivity contribution in [2.24, 2.45) is 0 Å². The van der Waals surface area contributed by atoms with Gasteiger partial charge in [-0.25, -0.2) is 8.42 Å². The zero-order chi connectivity index (χ0) is 13.5. The number of rotatable bonds is 2. The Bertz CT molecular complexity index is 508. The maximum absolute atomic E-state index is 12.6. The Kier molecular flexibility index (Phi) is 3.48. The van der Waals surface area contributed by atoms with E-state index in [1.54, 1.807) is 13.8 Å². The van der Waals surface area contributed by atoms with E-state index in [-0.39, 0.29) is 17.1 Å². The van der Waals surface area contributed by atoms with Gasteiger partial charge in [-0.15, -0.1) is 0 Å². The minimum Gasteiger partial charge on any atom is -0.373 e. The fourth-order valence-corrected chi connectivity index (χ4v) is 4.18. The van der Waals surface area contributed by atoms with Gasteiger partial charge in [0.15, 0.2) is 5.76 Å². The number of sulfonamides is 1. The number of aromatic nitrogens is 1. The first kappa shape index (κ1) is 13.5. The Morgan fingerprint density at radius 2 is 1.78 bits per heavy atom. The van der Waals surface area contributed by atoms with E-state index < -0.39 is 10.0 Å². The molecular weight excluding hydrogens is 256 g/mol. The molecule has 0 N–H and O–H groups in total. The van der Waals surface area contributed by atoms with Crippen molar-refractivity contribution in [2.45, 2.75) is 44.8 Å². The van der Waals surface area contributed by atoms with Crippen LogP contribution >= 0.6 is 0 Å². The molecule has 1 aliphatic heterocycles. The smallest absolute Gasteiger partial charge is 0.248 e. The van der Waals surface area contributed by atoms with Crippen molar-refractivity contribution in [3.63, 3.8) is 0 Å². The van der Waals surface area contributed by atoms with Gasteiger partial charge in [-0.2, -0.15) is 4.31 Å². The molecule has 1 aliphatic rings. The van der Waals surface area contributed by atoms with Crippen LogP contribution in [0.5, 0.6) is 0 Å². The van der Waals surface area contributed by atoms with Gasteiger partial charge in [-0.3, -0.25) is 0 Å². The molecule has 0 aromatic carbocycles. The molecule has 0 saturated carbocycles. The molecule has 0 unspecified atom stereocenters. The van der Waals surface area contributed by atoms with E-state index in [9.17, 15) is 8.42 Å². The summed E-state index contributed by atoms with van der Waals surface area (Å²) in [7, 11) is -3.55. The van der Waals surface area contributed by atoms with Crippen LogP contribution in [0.3, 0.4) is 0 Å². The van der Waals surface area contributed by atoms with Gasteiger partial charge in [0.25, 0.3) is 0 Å². The van der Waals surface area contributed by atoms with Gasteiger partial charge in [0.1, 0.15) is 10.6 Å². The van der Waals surface area contributed by atoms with Crippen molar-refractivity contribution in [3.8, 4) is 0 Å². The first-order valence-electron chi connectivity index (χ1n) is 5.91. The molecule has 1 aromatic rings. The highest BCUT2D eigenvalue weighted by molar-refractivity contribution is 7.89. The Morgan fingerprint density at radius 3 is 2.22 bits per heavy atom. The molecular formula is C11H18N2O4S. The summed E-state index contributed by atoms with van der Waals surface area (Å²) in [6.45, 7) is 7.70. The molecule has 6 nitrogen and oxygen atoms in total. The highest BCUT2D eigenvalue weighted by Crippen LogP contribution is 2.25. The van der Waals surface area contributed by atoms with E-state index in [2.05, 4.69) is 5.16 Å². The average Bonchev–Trinajstić information content (AvgIpc) is 2.57. The van der Waals surface area contributed by atoms with E-state index in [4.69, 9.17) is 9.26 Å². The first-order chi connectivity index (χ1) is 8.32. The van der Waals surface area contributed by atoms with E-state index in [0.29, 0.717) is 24.5 Å². The fourth-order valence-electron chi connectivity index (χ4n) is 2.30. The predicted octanol–water partition coefficient (Wildman–Crippen LogP) is 1.09. The average molecular weight is 274 g/mol. The molecule has 0 bridgehead atoms. The Balaban J connectivity index is 2.37. The van der Waals surface area contributed by atoms with E-state index >= 15 is 0 Å². The summed E-state index contributed by atoms with van der Waals surface area (Å²) in [4.78, 5) is 0.184. The lowest BCUT2D eigenvalue weighted by Crippen LogP contribution is -2.48. The molecule has 2 heterocycles. The third-order valence-electron chi connectivity index (χ3n) is 2.95. The minimum absolute atomic E-state index is 0.107. The van der Waals surface area contributed by atoms with Crippen LogP contribution in [0.2, 0.25) is 0 Å². The van der Waals surface area contributed by atoms with Crippen LogP contribution in [-0.2, 0) is 14.8 Å². The molecule has 0 radical (unpaired) electrons. The fraction of sp³-hybridized carbons (Fsp3) is 0.727. The van der Waals surface area contributed by atoms with Gasteiger partial charge in [0.2, 0.25) is 10.0 Å². The third kappa shape index (κ3) is 2.30.